The summed E-state index contributed by atoms with van der Waals surface area (Å²) in [4.78, 5) is 27.5. The maximum Gasteiger partial charge on any atom is 0.243 e. The molecule has 27 heavy (non-hydrogen) atoms. The molecule has 0 aliphatic carbocycles. The molecule has 0 heterocycles. The molecule has 0 saturated carbocycles. The third kappa shape index (κ3) is 6.40. The van der Waals surface area contributed by atoms with E-state index in [0.29, 0.717) is 18.0 Å². The van der Waals surface area contributed by atoms with Crippen LogP contribution >= 0.6 is 11.6 Å². The molecule has 0 bridgehead atoms. The second kappa shape index (κ2) is 10.1. The maximum atomic E-state index is 13.1. The molecule has 0 aliphatic heterocycles. The third-order valence-corrected chi connectivity index (χ3v) is 4.53. The van der Waals surface area contributed by atoms with Gasteiger partial charge in [-0.2, -0.15) is 0 Å². The number of rotatable bonds is 8. The SMILES string of the molecule is CC[C@H](C(=O)NC(C)C)N(Cc1ccc(Cl)cc1)C(=O)Cc1ccccc1. The van der Waals surface area contributed by atoms with E-state index in [1.165, 1.54) is 0 Å². The van der Waals surface area contributed by atoms with Gasteiger partial charge < -0.3 is 10.2 Å². The van der Waals surface area contributed by atoms with Gasteiger partial charge in [0.25, 0.3) is 0 Å². The van der Waals surface area contributed by atoms with Crippen LogP contribution in [0.5, 0.6) is 0 Å². The van der Waals surface area contributed by atoms with Gasteiger partial charge in [-0.15, -0.1) is 0 Å². The Morgan fingerprint density at radius 2 is 1.63 bits per heavy atom. The van der Waals surface area contributed by atoms with Crippen LogP contribution in [0.2, 0.25) is 5.02 Å². The smallest absolute Gasteiger partial charge is 0.243 e. The van der Waals surface area contributed by atoms with Crippen LogP contribution in [0.1, 0.15) is 38.3 Å². The van der Waals surface area contributed by atoms with E-state index in [0.717, 1.165) is 11.1 Å². The topological polar surface area (TPSA) is 49.4 Å². The first-order valence-corrected chi connectivity index (χ1v) is 9.66. The fourth-order valence-corrected chi connectivity index (χ4v) is 3.08. The van der Waals surface area contributed by atoms with Crippen molar-refractivity contribution in [2.75, 3.05) is 0 Å². The Balaban J connectivity index is 2.26. The summed E-state index contributed by atoms with van der Waals surface area (Å²) in [5.41, 5.74) is 1.87. The summed E-state index contributed by atoms with van der Waals surface area (Å²) in [5.74, 6) is -0.190. The first-order chi connectivity index (χ1) is 12.9. The van der Waals surface area contributed by atoms with Crippen LogP contribution in [0.15, 0.2) is 54.6 Å². The minimum absolute atomic E-state index is 0.0214. The largest absolute Gasteiger partial charge is 0.352 e. The average molecular weight is 387 g/mol. The van der Waals surface area contributed by atoms with E-state index < -0.39 is 6.04 Å². The van der Waals surface area contributed by atoms with Gasteiger partial charge in [0, 0.05) is 17.6 Å². The van der Waals surface area contributed by atoms with Crippen LogP contribution in [-0.2, 0) is 22.6 Å². The number of amides is 2. The van der Waals surface area contributed by atoms with Gasteiger partial charge in [-0.25, -0.2) is 0 Å². The lowest BCUT2D eigenvalue weighted by molar-refractivity contribution is -0.141. The van der Waals surface area contributed by atoms with Crippen LogP contribution < -0.4 is 5.32 Å². The lowest BCUT2D eigenvalue weighted by Crippen LogP contribution is -2.50. The quantitative estimate of drug-likeness (QED) is 0.738. The van der Waals surface area contributed by atoms with E-state index in [1.807, 2.05) is 63.2 Å². The van der Waals surface area contributed by atoms with Crippen LogP contribution in [0, 0.1) is 0 Å². The second-order valence-corrected chi connectivity index (χ2v) is 7.33. The van der Waals surface area contributed by atoms with Gasteiger partial charge in [0.2, 0.25) is 11.8 Å². The fraction of sp³-hybridized carbons (Fsp3) is 0.364. The second-order valence-electron chi connectivity index (χ2n) is 6.90. The normalized spacial score (nSPS) is 11.9. The van der Waals surface area contributed by atoms with Crippen LogP contribution in [0.3, 0.4) is 0 Å². The number of carbonyl (C=O) groups is 2. The summed E-state index contributed by atoms with van der Waals surface area (Å²) in [6.45, 7) is 6.13. The summed E-state index contributed by atoms with van der Waals surface area (Å²) >= 11 is 5.97. The third-order valence-electron chi connectivity index (χ3n) is 4.28. The van der Waals surface area contributed by atoms with Crippen molar-refractivity contribution in [3.05, 3.63) is 70.7 Å². The molecule has 144 valence electrons. The molecule has 2 amide bonds. The van der Waals surface area contributed by atoms with Gasteiger partial charge in [-0.1, -0.05) is 61.0 Å². The molecule has 0 saturated heterocycles. The van der Waals surface area contributed by atoms with Crippen molar-refractivity contribution in [3.8, 4) is 0 Å². The molecule has 2 rings (SSSR count). The van der Waals surface area contributed by atoms with E-state index in [2.05, 4.69) is 5.32 Å². The predicted octanol–water partition coefficient (Wildman–Crippen LogP) is 4.21. The van der Waals surface area contributed by atoms with Gasteiger partial charge in [-0.3, -0.25) is 9.59 Å². The van der Waals surface area contributed by atoms with Crippen LogP contribution in [0.4, 0.5) is 0 Å². The Morgan fingerprint density at radius 3 is 2.19 bits per heavy atom. The first-order valence-electron chi connectivity index (χ1n) is 9.29. The van der Waals surface area contributed by atoms with Crippen molar-refractivity contribution < 1.29 is 9.59 Å². The standard InChI is InChI=1S/C22H27ClN2O2/c1-4-20(22(27)24-16(2)3)25(15-18-10-12-19(23)13-11-18)21(26)14-17-8-6-5-7-9-17/h5-13,16,20H,4,14-15H2,1-3H3,(H,24,27)/t20-/m1/s1. The number of benzene rings is 2. The minimum atomic E-state index is -0.515. The summed E-state index contributed by atoms with van der Waals surface area (Å²) in [6.07, 6.45) is 0.812. The molecule has 0 aliphatic rings. The molecule has 1 atom stereocenters. The number of hydrogen-bond donors (Lipinski definition) is 1. The van der Waals surface area contributed by atoms with E-state index in [9.17, 15) is 9.59 Å². The molecule has 1 N–H and O–H groups in total. The Labute approximate surface area is 166 Å². The Morgan fingerprint density at radius 1 is 1.00 bits per heavy atom. The molecular weight excluding hydrogens is 360 g/mol. The summed E-state index contributed by atoms with van der Waals surface area (Å²) in [5, 5.41) is 3.58. The highest BCUT2D eigenvalue weighted by Gasteiger charge is 2.28. The Kier molecular flexibility index (Phi) is 7.86. The van der Waals surface area contributed by atoms with Gasteiger partial charge in [0.1, 0.15) is 6.04 Å². The van der Waals surface area contributed by atoms with Crippen molar-refractivity contribution in [3.63, 3.8) is 0 Å². The van der Waals surface area contributed by atoms with Crippen molar-refractivity contribution in [1.29, 1.82) is 0 Å². The molecule has 0 spiro atoms. The van der Waals surface area contributed by atoms with Crippen molar-refractivity contribution >= 4 is 23.4 Å². The van der Waals surface area contributed by atoms with E-state index in [1.54, 1.807) is 17.0 Å². The van der Waals surface area contributed by atoms with Gasteiger partial charge in [0.15, 0.2) is 0 Å². The highest BCUT2D eigenvalue weighted by atomic mass is 35.5. The van der Waals surface area contributed by atoms with Gasteiger partial charge in [-0.05, 0) is 43.5 Å². The first kappa shape index (κ1) is 21.0. The van der Waals surface area contributed by atoms with Crippen LogP contribution in [0.25, 0.3) is 0 Å². The van der Waals surface area contributed by atoms with Gasteiger partial charge in [0.05, 0.1) is 6.42 Å². The van der Waals surface area contributed by atoms with E-state index in [-0.39, 0.29) is 24.3 Å². The number of halogens is 1. The monoisotopic (exact) mass is 386 g/mol. The number of hydrogen-bond acceptors (Lipinski definition) is 2. The van der Waals surface area contributed by atoms with E-state index >= 15 is 0 Å². The molecule has 4 nitrogen and oxygen atoms in total. The number of nitrogens with one attached hydrogen (secondary N) is 1. The zero-order chi connectivity index (χ0) is 19.8. The number of nitrogens with zero attached hydrogens (tertiary/aromatic N) is 1. The zero-order valence-corrected chi connectivity index (χ0v) is 16.9. The fourth-order valence-electron chi connectivity index (χ4n) is 2.96. The summed E-state index contributed by atoms with van der Waals surface area (Å²) in [7, 11) is 0. The molecule has 0 fully saturated rings. The zero-order valence-electron chi connectivity index (χ0n) is 16.1. The van der Waals surface area contributed by atoms with Gasteiger partial charge >= 0.3 is 0 Å². The molecule has 0 aromatic heterocycles. The molecule has 5 heteroatoms. The van der Waals surface area contributed by atoms with E-state index in [4.69, 9.17) is 11.6 Å². The lowest BCUT2D eigenvalue weighted by atomic mass is 10.1. The minimum Gasteiger partial charge on any atom is -0.352 e. The van der Waals surface area contributed by atoms with Crippen molar-refractivity contribution in [1.82, 2.24) is 10.2 Å². The Bertz CT molecular complexity index is 745. The van der Waals surface area contributed by atoms with Crippen molar-refractivity contribution in [2.24, 2.45) is 0 Å². The van der Waals surface area contributed by atoms with Crippen LogP contribution in [-0.4, -0.2) is 28.8 Å². The summed E-state index contributed by atoms with van der Waals surface area (Å²) in [6, 6.07) is 16.5. The maximum absolute atomic E-state index is 13.1. The molecule has 0 unspecified atom stereocenters. The summed E-state index contributed by atoms with van der Waals surface area (Å²) < 4.78 is 0. The molecule has 2 aromatic carbocycles. The lowest BCUT2D eigenvalue weighted by Gasteiger charge is -2.31. The highest BCUT2D eigenvalue weighted by Crippen LogP contribution is 2.17. The predicted molar refractivity (Wildman–Crippen MR) is 110 cm³/mol. The number of carbonyl (C=O) groups excluding carboxylic acids is 2. The molecule has 2 aromatic rings. The Hall–Kier alpha value is -2.33. The molecular formula is C22H27ClN2O2. The highest BCUT2D eigenvalue weighted by molar-refractivity contribution is 6.30. The van der Waals surface area contributed by atoms with Crippen molar-refractivity contribution in [2.45, 2.75) is 52.2 Å². The average Bonchev–Trinajstić information content (AvgIpc) is 2.63. The molecule has 0 radical (unpaired) electrons.